The van der Waals surface area contributed by atoms with Crippen LogP contribution in [-0.2, 0) is 4.79 Å². The molecule has 0 bridgehead atoms. The van der Waals surface area contributed by atoms with Crippen LogP contribution in [0.5, 0.6) is 17.2 Å². The fourth-order valence-corrected chi connectivity index (χ4v) is 3.32. The molecule has 3 aromatic rings. The van der Waals surface area contributed by atoms with Crippen molar-refractivity contribution in [1.82, 2.24) is 5.43 Å². The standard InChI is InChI=1S/C26H24BrN3O7/c1-3-14-35-22-9-4-18(5-10-22)26(32)37-24-13-6-20(27)15-19(24)16-28-29-25(31)17(2)36-23-11-7-21(8-12-23)30(33)34/h4-13,15-17H,3,14H2,1-2H3,(H,29,31)/b28-16-/t17-/m0/s1. The molecule has 1 atom stereocenters. The maximum atomic E-state index is 12.6. The molecule has 0 unspecified atom stereocenters. The highest BCUT2D eigenvalue weighted by Gasteiger charge is 2.16. The molecule has 0 fully saturated rings. The fourth-order valence-electron chi connectivity index (χ4n) is 2.94. The molecule has 0 aliphatic heterocycles. The number of carbonyl (C=O) groups excluding carboxylic acids is 2. The van der Waals surface area contributed by atoms with E-state index in [1.54, 1.807) is 42.5 Å². The van der Waals surface area contributed by atoms with Gasteiger partial charge in [0.15, 0.2) is 6.10 Å². The molecule has 37 heavy (non-hydrogen) atoms. The first kappa shape index (κ1) is 27.3. The second-order valence-corrected chi connectivity index (χ2v) is 8.61. The number of benzene rings is 3. The largest absolute Gasteiger partial charge is 0.494 e. The zero-order valence-corrected chi connectivity index (χ0v) is 21.6. The first-order valence-corrected chi connectivity index (χ1v) is 12.0. The number of nitrogens with zero attached hydrogens (tertiary/aromatic N) is 2. The van der Waals surface area contributed by atoms with E-state index in [1.807, 2.05) is 6.92 Å². The number of esters is 1. The van der Waals surface area contributed by atoms with E-state index in [0.717, 1.165) is 6.42 Å². The number of nitro groups is 1. The van der Waals surface area contributed by atoms with Crippen molar-refractivity contribution in [3.05, 3.63) is 92.4 Å². The number of rotatable bonds is 11. The Morgan fingerprint density at radius 3 is 2.41 bits per heavy atom. The lowest BCUT2D eigenvalue weighted by Crippen LogP contribution is -2.33. The normalized spacial score (nSPS) is 11.5. The van der Waals surface area contributed by atoms with Crippen molar-refractivity contribution >= 4 is 39.7 Å². The van der Waals surface area contributed by atoms with Gasteiger partial charge in [-0.25, -0.2) is 10.2 Å². The van der Waals surface area contributed by atoms with Gasteiger partial charge in [-0.1, -0.05) is 22.9 Å². The molecule has 1 amide bonds. The van der Waals surface area contributed by atoms with Gasteiger partial charge in [0, 0.05) is 22.2 Å². The highest BCUT2D eigenvalue weighted by atomic mass is 79.9. The number of amides is 1. The Morgan fingerprint density at radius 1 is 1.08 bits per heavy atom. The summed E-state index contributed by atoms with van der Waals surface area (Å²) in [5.41, 5.74) is 3.06. The molecule has 0 saturated carbocycles. The van der Waals surface area contributed by atoms with E-state index < -0.39 is 22.9 Å². The first-order chi connectivity index (χ1) is 17.8. The molecular formula is C26H24BrN3O7. The monoisotopic (exact) mass is 569 g/mol. The summed E-state index contributed by atoms with van der Waals surface area (Å²) in [4.78, 5) is 35.2. The number of halogens is 1. The van der Waals surface area contributed by atoms with Gasteiger partial charge in [-0.15, -0.1) is 0 Å². The molecule has 0 heterocycles. The summed E-state index contributed by atoms with van der Waals surface area (Å²) in [6.45, 7) is 4.10. The Morgan fingerprint density at radius 2 is 1.76 bits per heavy atom. The molecule has 3 aromatic carbocycles. The van der Waals surface area contributed by atoms with E-state index >= 15 is 0 Å². The topological polar surface area (TPSA) is 129 Å². The maximum absolute atomic E-state index is 12.6. The molecule has 10 nitrogen and oxygen atoms in total. The minimum atomic E-state index is -0.928. The van der Waals surface area contributed by atoms with Gasteiger partial charge in [0.2, 0.25) is 0 Å². The summed E-state index contributed by atoms with van der Waals surface area (Å²) >= 11 is 3.37. The molecule has 0 aliphatic rings. The molecule has 3 rings (SSSR count). The van der Waals surface area contributed by atoms with E-state index in [4.69, 9.17) is 14.2 Å². The molecule has 0 aliphatic carbocycles. The average Bonchev–Trinajstić information content (AvgIpc) is 2.89. The SMILES string of the molecule is CCCOc1ccc(C(=O)Oc2ccc(Br)cc2/C=N\NC(=O)[C@H](C)Oc2ccc([N+](=O)[O-])cc2)cc1. The van der Waals surface area contributed by atoms with Gasteiger partial charge in [-0.3, -0.25) is 14.9 Å². The van der Waals surface area contributed by atoms with Gasteiger partial charge in [0.25, 0.3) is 11.6 Å². The third-order valence-electron chi connectivity index (χ3n) is 4.85. The molecule has 0 spiro atoms. The molecule has 0 radical (unpaired) electrons. The maximum Gasteiger partial charge on any atom is 0.343 e. The Bertz CT molecular complexity index is 1280. The molecule has 11 heteroatoms. The molecule has 1 N–H and O–H groups in total. The summed E-state index contributed by atoms with van der Waals surface area (Å²) in [6, 6.07) is 17.0. The van der Waals surface area contributed by atoms with E-state index in [9.17, 15) is 19.7 Å². The Balaban J connectivity index is 1.61. The highest BCUT2D eigenvalue weighted by molar-refractivity contribution is 9.10. The van der Waals surface area contributed by atoms with Crippen LogP contribution in [0.25, 0.3) is 0 Å². The number of hydrazone groups is 1. The van der Waals surface area contributed by atoms with Crippen molar-refractivity contribution in [2.75, 3.05) is 6.61 Å². The number of carbonyl (C=O) groups is 2. The van der Waals surface area contributed by atoms with E-state index in [0.29, 0.717) is 33.7 Å². The van der Waals surface area contributed by atoms with Crippen LogP contribution >= 0.6 is 15.9 Å². The smallest absolute Gasteiger partial charge is 0.343 e. The van der Waals surface area contributed by atoms with Crippen molar-refractivity contribution in [2.45, 2.75) is 26.4 Å². The van der Waals surface area contributed by atoms with E-state index in [1.165, 1.54) is 37.4 Å². The molecular weight excluding hydrogens is 546 g/mol. The molecule has 192 valence electrons. The fraction of sp³-hybridized carbons (Fsp3) is 0.192. The van der Waals surface area contributed by atoms with Crippen LogP contribution in [0.4, 0.5) is 5.69 Å². The van der Waals surface area contributed by atoms with Crippen LogP contribution in [-0.4, -0.2) is 35.7 Å². The number of hydrogen-bond donors (Lipinski definition) is 1. The Hall–Kier alpha value is -4.25. The van der Waals surface area contributed by atoms with Gasteiger partial charge in [-0.2, -0.15) is 5.10 Å². The van der Waals surface area contributed by atoms with Gasteiger partial charge in [0.1, 0.15) is 17.2 Å². The Kier molecular flexibility index (Phi) is 9.73. The number of ether oxygens (including phenoxy) is 3. The van der Waals surface area contributed by atoms with Crippen molar-refractivity contribution < 1.29 is 28.7 Å². The van der Waals surface area contributed by atoms with Gasteiger partial charge in [-0.05, 0) is 67.9 Å². The van der Waals surface area contributed by atoms with E-state index in [2.05, 4.69) is 26.5 Å². The van der Waals surface area contributed by atoms with Crippen molar-refractivity contribution in [2.24, 2.45) is 5.10 Å². The summed E-state index contributed by atoms with van der Waals surface area (Å²) in [5, 5.41) is 14.7. The zero-order chi connectivity index (χ0) is 26.8. The first-order valence-electron chi connectivity index (χ1n) is 11.3. The minimum absolute atomic E-state index is 0.0856. The second kappa shape index (κ2) is 13.2. The molecule has 0 saturated heterocycles. The number of nitro benzene ring substituents is 1. The number of non-ortho nitro benzene ring substituents is 1. The summed E-state index contributed by atoms with van der Waals surface area (Å²) in [7, 11) is 0. The average molecular weight is 570 g/mol. The second-order valence-electron chi connectivity index (χ2n) is 7.69. The zero-order valence-electron chi connectivity index (χ0n) is 20.0. The number of nitrogens with one attached hydrogen (secondary N) is 1. The van der Waals surface area contributed by atoms with Crippen LogP contribution in [0.2, 0.25) is 0 Å². The summed E-state index contributed by atoms with van der Waals surface area (Å²) < 4.78 is 17.3. The van der Waals surface area contributed by atoms with Crippen LogP contribution in [0.3, 0.4) is 0 Å². The Labute approximate surface area is 221 Å². The van der Waals surface area contributed by atoms with Crippen LogP contribution < -0.4 is 19.6 Å². The van der Waals surface area contributed by atoms with Crippen LogP contribution in [0.15, 0.2) is 76.3 Å². The number of hydrogen-bond acceptors (Lipinski definition) is 8. The lowest BCUT2D eigenvalue weighted by Gasteiger charge is -2.12. The van der Waals surface area contributed by atoms with Crippen molar-refractivity contribution in [1.29, 1.82) is 0 Å². The highest BCUT2D eigenvalue weighted by Crippen LogP contribution is 2.23. The van der Waals surface area contributed by atoms with Gasteiger partial charge < -0.3 is 14.2 Å². The van der Waals surface area contributed by atoms with E-state index in [-0.39, 0.29) is 11.4 Å². The third kappa shape index (κ3) is 8.14. The minimum Gasteiger partial charge on any atom is -0.494 e. The lowest BCUT2D eigenvalue weighted by atomic mass is 10.2. The van der Waals surface area contributed by atoms with Crippen molar-refractivity contribution in [3.63, 3.8) is 0 Å². The summed E-state index contributed by atoms with van der Waals surface area (Å²) in [6.07, 6.45) is 1.29. The summed E-state index contributed by atoms with van der Waals surface area (Å²) in [5.74, 6) is 0.0927. The van der Waals surface area contributed by atoms with Gasteiger partial charge in [0.05, 0.1) is 23.3 Å². The predicted octanol–water partition coefficient (Wildman–Crippen LogP) is 5.28. The van der Waals surface area contributed by atoms with Gasteiger partial charge >= 0.3 is 5.97 Å². The van der Waals surface area contributed by atoms with Crippen LogP contribution in [0.1, 0.15) is 36.2 Å². The lowest BCUT2D eigenvalue weighted by molar-refractivity contribution is -0.384. The molecule has 0 aromatic heterocycles. The van der Waals surface area contributed by atoms with Crippen LogP contribution in [0, 0.1) is 10.1 Å². The van der Waals surface area contributed by atoms with Crippen molar-refractivity contribution in [3.8, 4) is 17.2 Å². The predicted molar refractivity (Wildman–Crippen MR) is 140 cm³/mol. The quantitative estimate of drug-likeness (QED) is 0.109. The third-order valence-corrected chi connectivity index (χ3v) is 5.34.